The third-order valence-electron chi connectivity index (χ3n) is 13.3. The summed E-state index contributed by atoms with van der Waals surface area (Å²) >= 11 is 1.56. The van der Waals surface area contributed by atoms with Gasteiger partial charge in [0.15, 0.2) is 5.82 Å². The van der Waals surface area contributed by atoms with E-state index in [-0.39, 0.29) is 71.8 Å². The fourth-order valence-corrected chi connectivity index (χ4v) is 11.6. The van der Waals surface area contributed by atoms with E-state index in [1.54, 1.807) is 53.8 Å². The maximum atomic E-state index is 9.74. The molecular formula is C63H37N7S. The fourth-order valence-electron chi connectivity index (χ4n) is 10.5. The molecule has 0 aliphatic rings. The molecule has 0 fully saturated rings. The first kappa shape index (κ1) is 24.3. The molecule has 6 heterocycles. The molecule has 0 bridgehead atoms. The highest BCUT2D eigenvalue weighted by molar-refractivity contribution is 7.26. The molecule has 0 saturated heterocycles. The van der Waals surface area contributed by atoms with Gasteiger partial charge in [-0.3, -0.25) is 9.13 Å². The second-order valence-electron chi connectivity index (χ2n) is 16.9. The summed E-state index contributed by atoms with van der Waals surface area (Å²) in [4.78, 5) is 15.7. The number of hydrogen-bond donors (Lipinski definition) is 0. The molecule has 6 aromatic heterocycles. The van der Waals surface area contributed by atoms with Gasteiger partial charge in [-0.1, -0.05) is 157 Å². The van der Waals surface area contributed by atoms with E-state index in [1.165, 1.54) is 9.13 Å². The molecule has 0 unspecified atom stereocenters. The molecular weight excluding hydrogens is 887 g/mol. The van der Waals surface area contributed by atoms with Crippen LogP contribution in [0.5, 0.6) is 0 Å². The molecule has 0 spiro atoms. The lowest BCUT2D eigenvalue weighted by molar-refractivity contribution is 0.891. The Kier molecular flexibility index (Phi) is 4.98. The van der Waals surface area contributed by atoms with Crippen LogP contribution in [0.15, 0.2) is 224 Å². The summed E-state index contributed by atoms with van der Waals surface area (Å²) < 4.78 is 193. The van der Waals surface area contributed by atoms with Crippen LogP contribution in [0.4, 0.5) is 0 Å². The van der Waals surface area contributed by atoms with Crippen molar-refractivity contribution in [1.82, 2.24) is 33.2 Å². The van der Waals surface area contributed by atoms with Crippen molar-refractivity contribution >= 4 is 119 Å². The van der Waals surface area contributed by atoms with Gasteiger partial charge in [-0.2, -0.15) is 15.0 Å². The molecule has 330 valence electrons. The minimum atomic E-state index is -0.753. The number of fused-ring (bicyclic) bond motifs is 16. The fraction of sp³-hybridized carbons (Fsp3) is 0. The monoisotopic (exact) mass is 943 g/mol. The average Bonchev–Trinajstić information content (AvgIpc) is 1.58. The maximum absolute atomic E-state index is 9.74. The molecule has 0 atom stereocenters. The van der Waals surface area contributed by atoms with E-state index in [9.17, 15) is 13.7 Å². The Labute approximate surface area is 437 Å². The standard InChI is InChI=1S/C63H37N7S/c1-9-26-47-38(18-1)39-19-2-10-27-48(39)67(47)54-33-17-34-55(68-49-28-11-7-24-44(49)45-36-37-57-58(60(45)68)46-25-8-16-35-56(46)71-57)59(54)61-64-62(69-50-29-12-3-20-40(50)41-21-4-13-30-51(41)69)66-63(65-61)70-52-31-14-5-22-42(52)43-23-6-15-32-53(43)70/h1-37H/i1D,2D,3D,4D,5D,9D,10D,12D,13D,14D,18D,19D,20D,21D,22D,26D,27D,29D,30D,31D. The smallest absolute Gasteiger partial charge is 0.240 e. The third-order valence-corrected chi connectivity index (χ3v) is 14.4. The van der Waals surface area contributed by atoms with Crippen molar-refractivity contribution < 1.29 is 27.4 Å². The zero-order valence-corrected chi connectivity index (χ0v) is 37.2. The molecule has 16 aromatic rings. The van der Waals surface area contributed by atoms with Crippen molar-refractivity contribution in [3.8, 4) is 34.7 Å². The summed E-state index contributed by atoms with van der Waals surface area (Å²) in [6.45, 7) is 0. The highest BCUT2D eigenvalue weighted by atomic mass is 32.1. The Bertz CT molecular complexity index is 5970. The van der Waals surface area contributed by atoms with Gasteiger partial charge in [-0.05, 0) is 66.6 Å². The summed E-state index contributed by atoms with van der Waals surface area (Å²) in [7, 11) is 0. The van der Waals surface area contributed by atoms with Gasteiger partial charge < -0.3 is 9.13 Å². The van der Waals surface area contributed by atoms with Crippen LogP contribution in [-0.2, 0) is 0 Å². The topological polar surface area (TPSA) is 58.4 Å². The molecule has 16 rings (SSSR count). The molecule has 0 saturated carbocycles. The number of benzene rings is 10. The Balaban J connectivity index is 1.20. The predicted octanol–water partition coefficient (Wildman–Crippen LogP) is 16.3. The van der Waals surface area contributed by atoms with Crippen molar-refractivity contribution in [1.29, 1.82) is 0 Å². The molecule has 0 radical (unpaired) electrons. The number of hydrogen-bond acceptors (Lipinski definition) is 4. The van der Waals surface area contributed by atoms with E-state index in [0.717, 1.165) is 35.5 Å². The highest BCUT2D eigenvalue weighted by Crippen LogP contribution is 2.46. The summed E-state index contributed by atoms with van der Waals surface area (Å²) in [5.74, 6) is -1.34. The van der Waals surface area contributed by atoms with Crippen LogP contribution in [0, 0.1) is 0 Å². The van der Waals surface area contributed by atoms with E-state index in [0.29, 0.717) is 16.4 Å². The number of para-hydroxylation sites is 7. The molecule has 8 heteroatoms. The lowest BCUT2D eigenvalue weighted by atomic mass is 10.1. The Hall–Kier alpha value is -9.37. The first-order chi connectivity index (χ1) is 43.6. The second kappa shape index (κ2) is 14.6. The molecule has 0 aliphatic carbocycles. The Morgan fingerprint density at radius 1 is 0.324 bits per heavy atom. The SMILES string of the molecule is [2H]c1c([2H])c([2H])c2c(c1[2H])c1ccccc1n2-c1nc(-c2c(-n3c4c([2H])c([2H])c([2H])c([2H])c4c4c([2H])c([2H])c([2H])c([2H])c43)cccc2-n2c3ccccc3c3ccc4sc5ccccc5c4c32)nc(-n2c3c([2H])c([2H])c([2H])c([2H])c3c3c([2H])c([2H])c([2H])c([2H])c32)n1. The summed E-state index contributed by atoms with van der Waals surface area (Å²) in [6.07, 6.45) is 0. The van der Waals surface area contributed by atoms with Crippen LogP contribution in [0.3, 0.4) is 0 Å². The first-order valence-electron chi connectivity index (χ1n) is 32.3. The summed E-state index contributed by atoms with van der Waals surface area (Å²) in [5.41, 5.74) is 0.195. The molecule has 10 aromatic carbocycles. The molecule has 0 aliphatic heterocycles. The average molecular weight is 944 g/mol. The third kappa shape index (κ3) is 5.34. The van der Waals surface area contributed by atoms with Crippen molar-refractivity contribution in [2.24, 2.45) is 0 Å². The minimum absolute atomic E-state index is 0.0440. The zero-order chi connectivity index (χ0) is 63.7. The van der Waals surface area contributed by atoms with Gasteiger partial charge in [-0.15, -0.1) is 11.3 Å². The second-order valence-corrected chi connectivity index (χ2v) is 17.9. The number of aromatic nitrogens is 7. The van der Waals surface area contributed by atoms with E-state index < -0.39 is 144 Å². The lowest BCUT2D eigenvalue weighted by Crippen LogP contribution is -2.12. The minimum Gasteiger partial charge on any atom is -0.308 e. The van der Waals surface area contributed by atoms with Crippen LogP contribution < -0.4 is 0 Å². The van der Waals surface area contributed by atoms with E-state index in [2.05, 4.69) is 0 Å². The van der Waals surface area contributed by atoms with Crippen molar-refractivity contribution in [2.75, 3.05) is 0 Å². The summed E-state index contributed by atoms with van der Waals surface area (Å²) in [5, 5.41) is 2.50. The van der Waals surface area contributed by atoms with Crippen LogP contribution in [0.25, 0.3) is 142 Å². The van der Waals surface area contributed by atoms with Gasteiger partial charge in [0.25, 0.3) is 0 Å². The Morgan fingerprint density at radius 3 is 1.34 bits per heavy atom. The molecule has 7 nitrogen and oxygen atoms in total. The quantitative estimate of drug-likeness (QED) is 0.173. The van der Waals surface area contributed by atoms with Crippen LogP contribution in [0.2, 0.25) is 0 Å². The van der Waals surface area contributed by atoms with Gasteiger partial charge in [0, 0.05) is 63.3 Å². The van der Waals surface area contributed by atoms with Gasteiger partial charge in [0.2, 0.25) is 11.9 Å². The van der Waals surface area contributed by atoms with Gasteiger partial charge in [0.05, 0.1) is 88.5 Å². The van der Waals surface area contributed by atoms with Gasteiger partial charge in [-0.25, -0.2) is 0 Å². The highest BCUT2D eigenvalue weighted by Gasteiger charge is 2.28. The van der Waals surface area contributed by atoms with E-state index in [4.69, 9.17) is 28.7 Å². The van der Waals surface area contributed by atoms with Crippen molar-refractivity contribution in [2.45, 2.75) is 0 Å². The zero-order valence-electron chi connectivity index (χ0n) is 56.4. The van der Waals surface area contributed by atoms with Crippen molar-refractivity contribution in [3.05, 3.63) is 224 Å². The summed E-state index contributed by atoms with van der Waals surface area (Å²) in [6, 6.07) is 18.0. The molecule has 0 amide bonds. The lowest BCUT2D eigenvalue weighted by Gasteiger charge is -2.20. The van der Waals surface area contributed by atoms with Crippen LogP contribution >= 0.6 is 11.3 Å². The van der Waals surface area contributed by atoms with Crippen LogP contribution in [0.1, 0.15) is 27.4 Å². The normalized spacial score (nSPS) is 16.2. The van der Waals surface area contributed by atoms with Gasteiger partial charge in [0.1, 0.15) is 0 Å². The maximum Gasteiger partial charge on any atom is 0.240 e. The number of rotatable bonds is 5. The first-order valence-corrected chi connectivity index (χ1v) is 23.1. The number of nitrogens with zero attached hydrogens (tertiary/aromatic N) is 7. The van der Waals surface area contributed by atoms with Gasteiger partial charge >= 0.3 is 0 Å². The van der Waals surface area contributed by atoms with E-state index >= 15 is 0 Å². The largest absolute Gasteiger partial charge is 0.308 e. The molecule has 0 N–H and O–H groups in total. The predicted molar refractivity (Wildman–Crippen MR) is 296 cm³/mol. The Morgan fingerprint density at radius 2 is 0.761 bits per heavy atom. The van der Waals surface area contributed by atoms with Crippen molar-refractivity contribution in [3.63, 3.8) is 0 Å². The molecule has 71 heavy (non-hydrogen) atoms. The number of thiophene rings is 1. The van der Waals surface area contributed by atoms with E-state index in [1.807, 2.05) is 65.2 Å². The van der Waals surface area contributed by atoms with Crippen LogP contribution in [-0.4, -0.2) is 33.2 Å².